The summed E-state index contributed by atoms with van der Waals surface area (Å²) in [5, 5.41) is 0. The summed E-state index contributed by atoms with van der Waals surface area (Å²) in [6.45, 7) is -0.556. The fraction of sp³-hybridized carbons (Fsp3) is 0.500. The number of nitrogens with two attached hydrogens (primary N) is 1. The molecule has 0 saturated heterocycles. The van der Waals surface area contributed by atoms with E-state index in [4.69, 9.17) is 5.73 Å². The lowest BCUT2D eigenvalue weighted by atomic mass is 10.2. The maximum atomic E-state index is 12.5. The van der Waals surface area contributed by atoms with Crippen molar-refractivity contribution in [1.29, 1.82) is 0 Å². The highest BCUT2D eigenvalue weighted by molar-refractivity contribution is 9.10. The molecule has 0 radical (unpaired) electrons. The molecule has 0 heterocycles. The highest BCUT2D eigenvalue weighted by Crippen LogP contribution is 2.32. The van der Waals surface area contributed by atoms with E-state index in [0.717, 1.165) is 22.9 Å². The van der Waals surface area contributed by atoms with Gasteiger partial charge in [0.1, 0.15) is 0 Å². The van der Waals surface area contributed by atoms with Crippen molar-refractivity contribution < 1.29 is 13.2 Å². The molecule has 1 aromatic carbocycles. The maximum absolute atomic E-state index is 12.5. The number of rotatable bonds is 4. The molecule has 1 aliphatic rings. The van der Waals surface area contributed by atoms with Gasteiger partial charge in [-0.25, -0.2) is 0 Å². The highest BCUT2D eigenvalue weighted by Gasteiger charge is 2.38. The number of nitrogen functional groups attached to an aromatic ring is 1. The zero-order valence-corrected chi connectivity index (χ0v) is 11.3. The molecule has 1 fully saturated rings. The third-order valence-corrected chi connectivity index (χ3v) is 3.63. The van der Waals surface area contributed by atoms with E-state index in [9.17, 15) is 13.2 Å². The predicted octanol–water partition coefficient (Wildman–Crippen LogP) is 3.56. The number of hydrogen-bond acceptors (Lipinski definition) is 2. The molecule has 0 spiro atoms. The second kappa shape index (κ2) is 5.09. The predicted molar refractivity (Wildman–Crippen MR) is 68.0 cm³/mol. The van der Waals surface area contributed by atoms with Crippen LogP contribution in [0, 0.1) is 0 Å². The molecular weight excluding hydrogens is 309 g/mol. The summed E-state index contributed by atoms with van der Waals surface area (Å²) < 4.78 is 38.2. The van der Waals surface area contributed by atoms with Gasteiger partial charge in [0, 0.05) is 22.7 Å². The molecular formula is C12H14BrF3N2. The van der Waals surface area contributed by atoms with Gasteiger partial charge >= 0.3 is 6.18 Å². The Morgan fingerprint density at radius 1 is 1.33 bits per heavy atom. The van der Waals surface area contributed by atoms with Gasteiger partial charge in [0.25, 0.3) is 0 Å². The molecule has 2 nitrogen and oxygen atoms in total. The zero-order valence-electron chi connectivity index (χ0n) is 9.67. The van der Waals surface area contributed by atoms with Crippen molar-refractivity contribution in [3.8, 4) is 0 Å². The first-order valence-corrected chi connectivity index (χ1v) is 6.49. The molecule has 0 amide bonds. The average molecular weight is 323 g/mol. The van der Waals surface area contributed by atoms with Crippen LogP contribution in [0.4, 0.5) is 18.9 Å². The van der Waals surface area contributed by atoms with Crippen LogP contribution in [-0.2, 0) is 6.54 Å². The summed E-state index contributed by atoms with van der Waals surface area (Å²) >= 11 is 3.34. The summed E-state index contributed by atoms with van der Waals surface area (Å²) in [4.78, 5) is 1.48. The second-order valence-electron chi connectivity index (χ2n) is 4.60. The molecule has 0 bridgehead atoms. The Balaban J connectivity index is 2.08. The Morgan fingerprint density at radius 2 is 2.00 bits per heavy atom. The number of nitrogens with zero attached hydrogens (tertiary/aromatic N) is 1. The van der Waals surface area contributed by atoms with Crippen molar-refractivity contribution in [2.24, 2.45) is 0 Å². The van der Waals surface area contributed by atoms with Crippen molar-refractivity contribution in [2.45, 2.75) is 31.6 Å². The smallest absolute Gasteiger partial charge is 0.399 e. The van der Waals surface area contributed by atoms with Crippen LogP contribution in [0.2, 0.25) is 0 Å². The fourth-order valence-corrected chi connectivity index (χ4v) is 2.42. The number of benzene rings is 1. The van der Waals surface area contributed by atoms with Gasteiger partial charge in [-0.1, -0.05) is 22.0 Å². The molecule has 0 aliphatic heterocycles. The van der Waals surface area contributed by atoms with Crippen molar-refractivity contribution in [3.05, 3.63) is 28.2 Å². The molecule has 2 rings (SSSR count). The molecule has 2 N–H and O–H groups in total. The van der Waals surface area contributed by atoms with Crippen LogP contribution in [0.5, 0.6) is 0 Å². The van der Waals surface area contributed by atoms with E-state index < -0.39 is 12.7 Å². The standard InChI is InChI=1S/C12H14BrF3N2/c13-11-5-9(17)2-1-8(11)6-18(10-3-4-10)7-12(14,15)16/h1-2,5,10H,3-4,6-7,17H2. The van der Waals surface area contributed by atoms with Crippen LogP contribution in [0.15, 0.2) is 22.7 Å². The Kier molecular flexibility index (Phi) is 3.87. The van der Waals surface area contributed by atoms with Crippen LogP contribution >= 0.6 is 15.9 Å². The molecule has 1 saturated carbocycles. The lowest BCUT2D eigenvalue weighted by molar-refractivity contribution is -0.148. The lowest BCUT2D eigenvalue weighted by Crippen LogP contribution is -2.35. The summed E-state index contributed by atoms with van der Waals surface area (Å²) in [6, 6.07) is 5.26. The summed E-state index contributed by atoms with van der Waals surface area (Å²) in [7, 11) is 0. The minimum absolute atomic E-state index is 0.0658. The van der Waals surface area contributed by atoms with Crippen LogP contribution in [0.25, 0.3) is 0 Å². The van der Waals surface area contributed by atoms with E-state index in [0.29, 0.717) is 12.2 Å². The molecule has 0 unspecified atom stereocenters. The molecule has 18 heavy (non-hydrogen) atoms. The van der Waals surface area contributed by atoms with E-state index in [1.165, 1.54) is 4.90 Å². The second-order valence-corrected chi connectivity index (χ2v) is 5.46. The third kappa shape index (κ3) is 3.88. The SMILES string of the molecule is Nc1ccc(CN(CC(F)(F)F)C2CC2)c(Br)c1. The van der Waals surface area contributed by atoms with Gasteiger partial charge in [-0.3, -0.25) is 4.90 Å². The van der Waals surface area contributed by atoms with Crippen molar-refractivity contribution in [2.75, 3.05) is 12.3 Å². The van der Waals surface area contributed by atoms with Gasteiger partial charge in [0.2, 0.25) is 0 Å². The zero-order chi connectivity index (χ0) is 13.3. The quantitative estimate of drug-likeness (QED) is 0.859. The van der Waals surface area contributed by atoms with E-state index in [-0.39, 0.29) is 6.04 Å². The summed E-state index contributed by atoms with van der Waals surface area (Å²) in [5.41, 5.74) is 7.04. The van der Waals surface area contributed by atoms with Crippen LogP contribution in [0.1, 0.15) is 18.4 Å². The summed E-state index contributed by atoms with van der Waals surface area (Å²) in [6.07, 6.45) is -2.45. The van der Waals surface area contributed by atoms with E-state index in [1.807, 2.05) is 0 Å². The molecule has 0 aromatic heterocycles. The summed E-state index contributed by atoms with van der Waals surface area (Å²) in [5.74, 6) is 0. The fourth-order valence-electron chi connectivity index (χ4n) is 1.89. The van der Waals surface area contributed by atoms with Gasteiger partial charge in [-0.2, -0.15) is 13.2 Å². The molecule has 1 aromatic rings. The minimum atomic E-state index is -4.15. The van der Waals surface area contributed by atoms with E-state index in [1.54, 1.807) is 18.2 Å². The van der Waals surface area contributed by atoms with Gasteiger partial charge in [0.15, 0.2) is 0 Å². The van der Waals surface area contributed by atoms with Gasteiger partial charge < -0.3 is 5.73 Å². The monoisotopic (exact) mass is 322 g/mol. The lowest BCUT2D eigenvalue weighted by Gasteiger charge is -2.24. The van der Waals surface area contributed by atoms with Gasteiger partial charge in [-0.15, -0.1) is 0 Å². The number of alkyl halides is 3. The van der Waals surface area contributed by atoms with Gasteiger partial charge in [-0.05, 0) is 30.5 Å². The van der Waals surface area contributed by atoms with Crippen LogP contribution in [-0.4, -0.2) is 23.7 Å². The highest BCUT2D eigenvalue weighted by atomic mass is 79.9. The first-order chi connectivity index (χ1) is 8.35. The average Bonchev–Trinajstić information content (AvgIpc) is 3.02. The Hall–Kier alpha value is -0.750. The number of halogens is 4. The van der Waals surface area contributed by atoms with Crippen LogP contribution in [0.3, 0.4) is 0 Å². The van der Waals surface area contributed by atoms with Crippen LogP contribution < -0.4 is 5.73 Å². The maximum Gasteiger partial charge on any atom is 0.401 e. The number of hydrogen-bond donors (Lipinski definition) is 1. The first-order valence-electron chi connectivity index (χ1n) is 5.70. The number of anilines is 1. The van der Waals surface area contributed by atoms with E-state index in [2.05, 4.69) is 15.9 Å². The topological polar surface area (TPSA) is 29.3 Å². The molecule has 1 aliphatic carbocycles. The third-order valence-electron chi connectivity index (χ3n) is 2.90. The Labute approximate surface area is 112 Å². The normalized spacial score (nSPS) is 16.3. The van der Waals surface area contributed by atoms with E-state index >= 15 is 0 Å². The largest absolute Gasteiger partial charge is 0.401 e. The molecule has 6 heteroatoms. The van der Waals surface area contributed by atoms with Gasteiger partial charge in [0.05, 0.1) is 6.54 Å². The molecule has 100 valence electrons. The van der Waals surface area contributed by atoms with Crippen molar-refractivity contribution >= 4 is 21.6 Å². The Bertz CT molecular complexity index is 430. The molecule has 0 atom stereocenters. The first kappa shape index (κ1) is 13.7. The van der Waals surface area contributed by atoms with Crippen molar-refractivity contribution in [1.82, 2.24) is 4.90 Å². The minimum Gasteiger partial charge on any atom is -0.399 e. The van der Waals surface area contributed by atoms with Crippen molar-refractivity contribution in [3.63, 3.8) is 0 Å². The Morgan fingerprint density at radius 3 is 2.50 bits per heavy atom.